The van der Waals surface area contributed by atoms with Crippen LogP contribution >= 0.6 is 0 Å². The van der Waals surface area contributed by atoms with Crippen LogP contribution in [0, 0.1) is 0 Å². The van der Waals surface area contributed by atoms with Crippen molar-refractivity contribution in [2.75, 3.05) is 46.5 Å². The maximum absolute atomic E-state index is 13.1. The molecule has 0 unspecified atom stereocenters. The second-order valence-electron chi connectivity index (χ2n) is 7.36. The van der Waals surface area contributed by atoms with E-state index in [0.29, 0.717) is 12.5 Å². The van der Waals surface area contributed by atoms with Crippen LogP contribution in [0.1, 0.15) is 37.7 Å². The molecular weight excluding hydrogens is 328 g/mol. The van der Waals surface area contributed by atoms with E-state index in [1.807, 2.05) is 24.3 Å². The predicted octanol–water partition coefficient (Wildman–Crippen LogP) is 2.73. The van der Waals surface area contributed by atoms with Crippen molar-refractivity contribution in [1.29, 1.82) is 0 Å². The van der Waals surface area contributed by atoms with Gasteiger partial charge in [-0.1, -0.05) is 18.6 Å². The number of carbonyl (C=O) groups excluding carboxylic acids is 1. The van der Waals surface area contributed by atoms with Crippen LogP contribution in [0.2, 0.25) is 0 Å². The average Bonchev–Trinajstić information content (AvgIpc) is 2.70. The lowest BCUT2D eigenvalue weighted by atomic mass is 10.0. The smallest absolute Gasteiger partial charge is 0.227 e. The van der Waals surface area contributed by atoms with E-state index in [4.69, 9.17) is 9.47 Å². The summed E-state index contributed by atoms with van der Waals surface area (Å²) in [6.07, 6.45) is 6.29. The molecule has 0 spiro atoms. The summed E-state index contributed by atoms with van der Waals surface area (Å²) in [5.74, 6) is 1.06. The first-order chi connectivity index (χ1) is 12.8. The minimum Gasteiger partial charge on any atom is -0.497 e. The molecule has 2 aliphatic heterocycles. The molecule has 3 rings (SSSR count). The van der Waals surface area contributed by atoms with Crippen LogP contribution in [0.25, 0.3) is 0 Å². The molecule has 0 aliphatic carbocycles. The molecule has 5 heteroatoms. The largest absolute Gasteiger partial charge is 0.497 e. The van der Waals surface area contributed by atoms with Crippen LogP contribution in [0.3, 0.4) is 0 Å². The fourth-order valence-corrected chi connectivity index (χ4v) is 3.96. The van der Waals surface area contributed by atoms with Gasteiger partial charge in [-0.2, -0.15) is 0 Å². The SMILES string of the molecule is COc1ccc(CC(=O)N(CCN2CCCCC2)C2CCOCC2)cc1. The lowest BCUT2D eigenvalue weighted by Gasteiger charge is -2.36. The van der Waals surface area contributed by atoms with Gasteiger partial charge in [0.05, 0.1) is 13.5 Å². The normalized spacial score (nSPS) is 19.3. The summed E-state index contributed by atoms with van der Waals surface area (Å²) in [5, 5.41) is 0. The van der Waals surface area contributed by atoms with Gasteiger partial charge in [0, 0.05) is 32.3 Å². The first kappa shape index (κ1) is 19.2. The third-order valence-corrected chi connectivity index (χ3v) is 5.57. The Morgan fingerprint density at radius 1 is 1.15 bits per heavy atom. The molecule has 1 aromatic rings. The molecule has 0 bridgehead atoms. The number of hydrogen-bond donors (Lipinski definition) is 0. The summed E-state index contributed by atoms with van der Waals surface area (Å²) in [4.78, 5) is 17.7. The summed E-state index contributed by atoms with van der Waals surface area (Å²) in [5.41, 5.74) is 1.05. The molecule has 2 fully saturated rings. The predicted molar refractivity (Wildman–Crippen MR) is 103 cm³/mol. The van der Waals surface area contributed by atoms with E-state index < -0.39 is 0 Å². The Labute approximate surface area is 157 Å². The third kappa shape index (κ3) is 5.45. The van der Waals surface area contributed by atoms with Crippen LogP contribution in [-0.2, 0) is 16.0 Å². The third-order valence-electron chi connectivity index (χ3n) is 5.57. The molecule has 26 heavy (non-hydrogen) atoms. The number of ether oxygens (including phenoxy) is 2. The number of benzene rings is 1. The molecule has 2 saturated heterocycles. The van der Waals surface area contributed by atoms with Gasteiger partial charge in [0.15, 0.2) is 0 Å². The Kier molecular flexibility index (Phi) is 7.32. The Morgan fingerprint density at radius 3 is 2.50 bits per heavy atom. The Morgan fingerprint density at radius 2 is 1.85 bits per heavy atom. The van der Waals surface area contributed by atoms with E-state index in [2.05, 4.69) is 9.80 Å². The van der Waals surface area contributed by atoms with Gasteiger partial charge in [-0.05, 0) is 56.5 Å². The molecule has 2 heterocycles. The van der Waals surface area contributed by atoms with Crippen molar-refractivity contribution in [2.24, 2.45) is 0 Å². The van der Waals surface area contributed by atoms with Crippen molar-refractivity contribution in [2.45, 2.75) is 44.6 Å². The number of hydrogen-bond acceptors (Lipinski definition) is 4. The maximum Gasteiger partial charge on any atom is 0.227 e. The van der Waals surface area contributed by atoms with Gasteiger partial charge in [0.1, 0.15) is 5.75 Å². The first-order valence-corrected chi connectivity index (χ1v) is 9.99. The quantitative estimate of drug-likeness (QED) is 0.750. The molecule has 0 N–H and O–H groups in total. The lowest BCUT2D eigenvalue weighted by Crippen LogP contribution is -2.48. The van der Waals surface area contributed by atoms with Crippen LogP contribution in [-0.4, -0.2) is 68.3 Å². The number of likely N-dealkylation sites (tertiary alicyclic amines) is 1. The second-order valence-corrected chi connectivity index (χ2v) is 7.36. The van der Waals surface area contributed by atoms with Gasteiger partial charge in [-0.3, -0.25) is 4.79 Å². The van der Waals surface area contributed by atoms with Gasteiger partial charge in [0.25, 0.3) is 0 Å². The van der Waals surface area contributed by atoms with Crippen molar-refractivity contribution < 1.29 is 14.3 Å². The standard InChI is InChI=1S/C21H32N2O3/c1-25-20-7-5-18(6-8-20)17-21(24)23(19-9-15-26-16-10-19)14-13-22-11-3-2-4-12-22/h5-8,19H,2-4,9-17H2,1H3. The summed E-state index contributed by atoms with van der Waals surface area (Å²) < 4.78 is 10.7. The van der Waals surface area contributed by atoms with Gasteiger partial charge >= 0.3 is 0 Å². The molecule has 1 amide bonds. The number of rotatable bonds is 7. The van der Waals surface area contributed by atoms with Crippen molar-refractivity contribution >= 4 is 5.91 Å². The van der Waals surface area contributed by atoms with Crippen molar-refractivity contribution in [1.82, 2.24) is 9.80 Å². The highest BCUT2D eigenvalue weighted by atomic mass is 16.5. The fourth-order valence-electron chi connectivity index (χ4n) is 3.96. The molecule has 5 nitrogen and oxygen atoms in total. The van der Waals surface area contributed by atoms with Crippen LogP contribution < -0.4 is 4.74 Å². The van der Waals surface area contributed by atoms with Crippen LogP contribution in [0.15, 0.2) is 24.3 Å². The van der Waals surface area contributed by atoms with E-state index in [0.717, 1.165) is 50.5 Å². The highest BCUT2D eigenvalue weighted by molar-refractivity contribution is 5.79. The van der Waals surface area contributed by atoms with Gasteiger partial charge in [0.2, 0.25) is 5.91 Å². The summed E-state index contributed by atoms with van der Waals surface area (Å²) in [6.45, 7) is 5.70. The summed E-state index contributed by atoms with van der Waals surface area (Å²) >= 11 is 0. The molecule has 2 aliphatic rings. The number of amides is 1. The maximum atomic E-state index is 13.1. The van der Waals surface area contributed by atoms with E-state index in [-0.39, 0.29) is 5.91 Å². The first-order valence-electron chi connectivity index (χ1n) is 9.99. The minimum atomic E-state index is 0.235. The molecule has 1 aromatic carbocycles. The second kappa shape index (κ2) is 9.93. The Hall–Kier alpha value is -1.59. The lowest BCUT2D eigenvalue weighted by molar-refractivity contribution is -0.135. The molecule has 0 saturated carbocycles. The van der Waals surface area contributed by atoms with Crippen LogP contribution in [0.5, 0.6) is 5.75 Å². The van der Waals surface area contributed by atoms with Crippen LogP contribution in [0.4, 0.5) is 0 Å². The number of piperidine rings is 1. The van der Waals surface area contributed by atoms with E-state index in [1.54, 1.807) is 7.11 Å². The minimum absolute atomic E-state index is 0.235. The summed E-state index contributed by atoms with van der Waals surface area (Å²) in [6, 6.07) is 8.15. The van der Waals surface area contributed by atoms with Gasteiger partial charge in [-0.15, -0.1) is 0 Å². The van der Waals surface area contributed by atoms with E-state index in [9.17, 15) is 4.79 Å². The van der Waals surface area contributed by atoms with E-state index in [1.165, 1.54) is 32.4 Å². The number of carbonyl (C=O) groups is 1. The average molecular weight is 360 g/mol. The monoisotopic (exact) mass is 360 g/mol. The zero-order valence-electron chi connectivity index (χ0n) is 16.0. The molecule has 0 aromatic heterocycles. The zero-order chi connectivity index (χ0) is 18.2. The highest BCUT2D eigenvalue weighted by Gasteiger charge is 2.26. The number of methoxy groups -OCH3 is 1. The fraction of sp³-hybridized carbons (Fsp3) is 0.667. The topological polar surface area (TPSA) is 42.0 Å². The van der Waals surface area contributed by atoms with Gasteiger partial charge < -0.3 is 19.3 Å². The number of nitrogens with zero attached hydrogens (tertiary/aromatic N) is 2. The zero-order valence-corrected chi connectivity index (χ0v) is 16.0. The Bertz CT molecular complexity index is 549. The molecule has 0 radical (unpaired) electrons. The molecule has 0 atom stereocenters. The van der Waals surface area contributed by atoms with Crippen molar-refractivity contribution in [3.05, 3.63) is 29.8 Å². The Balaban J connectivity index is 1.61. The van der Waals surface area contributed by atoms with Crippen molar-refractivity contribution in [3.8, 4) is 5.75 Å². The molecular formula is C21H32N2O3. The summed E-state index contributed by atoms with van der Waals surface area (Å²) in [7, 11) is 1.66. The highest BCUT2D eigenvalue weighted by Crippen LogP contribution is 2.18. The van der Waals surface area contributed by atoms with Gasteiger partial charge in [-0.25, -0.2) is 0 Å². The van der Waals surface area contributed by atoms with Crippen molar-refractivity contribution in [3.63, 3.8) is 0 Å². The molecule has 144 valence electrons. The van der Waals surface area contributed by atoms with E-state index >= 15 is 0 Å².